The topological polar surface area (TPSA) is 49.7 Å². The summed E-state index contributed by atoms with van der Waals surface area (Å²) in [7, 11) is 0. The van der Waals surface area contributed by atoms with E-state index in [0.717, 1.165) is 0 Å². The second kappa shape index (κ2) is 105. The van der Waals surface area contributed by atoms with E-state index in [1.165, 1.54) is 12.8 Å². The van der Waals surface area contributed by atoms with Gasteiger partial charge in [0.15, 0.2) is 0 Å². The van der Waals surface area contributed by atoms with Gasteiger partial charge in [0.1, 0.15) is 5.75 Å². The Balaban J connectivity index is -0.0000000284. The van der Waals surface area contributed by atoms with Crippen LogP contribution in [0.4, 0.5) is 0 Å². The van der Waals surface area contributed by atoms with E-state index < -0.39 is 0 Å². The zero-order valence-corrected chi connectivity index (χ0v) is 36.3. The summed E-state index contributed by atoms with van der Waals surface area (Å²) in [5.41, 5.74) is 0. The number of hydrogen-bond acceptors (Lipinski definition) is 3. The monoisotopic (exact) mass is 940 g/mol. The molecule has 0 aliphatic carbocycles. The number of para-hydroxylation sites is 2. The summed E-state index contributed by atoms with van der Waals surface area (Å²) < 4.78 is 4.64. The molecule has 0 heterocycles. The van der Waals surface area contributed by atoms with E-state index in [-0.39, 0.29) is 20.4 Å². The van der Waals surface area contributed by atoms with Crippen molar-refractivity contribution in [1.29, 1.82) is 0 Å². The van der Waals surface area contributed by atoms with Gasteiger partial charge >= 0.3 is 0 Å². The van der Waals surface area contributed by atoms with E-state index in [4.69, 9.17) is 10.2 Å². The molecule has 0 aliphatic rings. The van der Waals surface area contributed by atoms with Crippen molar-refractivity contribution in [3.63, 3.8) is 0 Å². The van der Waals surface area contributed by atoms with Gasteiger partial charge in [-0.25, -0.2) is 0 Å². The Morgan fingerprint density at radius 1 is 0.556 bits per heavy atom. The van der Waals surface area contributed by atoms with Gasteiger partial charge in [0.05, 0.1) is 5.75 Å². The van der Waals surface area contributed by atoms with Crippen molar-refractivity contribution in [2.75, 3.05) is 0 Å². The summed E-state index contributed by atoms with van der Waals surface area (Å²) in [5.74, 6) is 0.961. The van der Waals surface area contributed by atoms with Crippen molar-refractivity contribution in [1.82, 2.24) is 0 Å². The molecule has 0 spiro atoms. The van der Waals surface area contributed by atoms with Gasteiger partial charge in [-0.1, -0.05) is 160 Å². The van der Waals surface area contributed by atoms with Crippen molar-refractivity contribution < 1.29 is 35.4 Å². The minimum atomic E-state index is 0. The quantitative estimate of drug-likeness (QED) is 0.295. The fourth-order valence-electron chi connectivity index (χ4n) is 0.988. The van der Waals surface area contributed by atoms with Crippen molar-refractivity contribution in [3.05, 3.63) is 67.5 Å². The number of hydrogen-bond donors (Lipinski definition) is 2. The second-order valence-electron chi connectivity index (χ2n) is 4.29. The normalized spacial score (nSPS) is 5.92. The largest absolute Gasteiger partial charge is 0.635 e. The third-order valence-corrected chi connectivity index (χ3v) is 1.69. The number of ether oxygens (including phenoxy) is 1. The zero-order chi connectivity index (χ0) is 29.1. The molecule has 2 aromatic carbocycles. The molecule has 3 nitrogen and oxygen atoms in total. The van der Waals surface area contributed by atoms with E-state index in [0.29, 0.717) is 18.3 Å². The van der Waals surface area contributed by atoms with Crippen LogP contribution in [0.1, 0.15) is 124 Å². The Kier molecular flexibility index (Phi) is 187. The summed E-state index contributed by atoms with van der Waals surface area (Å²) >= 11 is 0. The van der Waals surface area contributed by atoms with Crippen LogP contribution in [0.25, 0.3) is 0 Å². The summed E-state index contributed by atoms with van der Waals surface area (Å²) in [6, 6.07) is 17.8. The number of aliphatic hydroxyl groups is 1. The van der Waals surface area contributed by atoms with E-state index >= 15 is 0 Å². The van der Waals surface area contributed by atoms with Crippen LogP contribution in [-0.2, 0) is 20.4 Å². The van der Waals surface area contributed by atoms with E-state index in [1.807, 2.05) is 107 Å². The van der Waals surface area contributed by atoms with Crippen LogP contribution in [0.3, 0.4) is 0 Å². The molecule has 0 unspecified atom stereocenters. The van der Waals surface area contributed by atoms with Crippen LogP contribution in [0.15, 0.2) is 60.7 Å². The third kappa shape index (κ3) is 107. The van der Waals surface area contributed by atoms with Crippen LogP contribution >= 0.6 is 0 Å². The maximum absolute atomic E-state index is 8.63. The van der Waals surface area contributed by atoms with Gasteiger partial charge in [-0.2, -0.15) is 0 Å². The molecular formula is C31H65O3ReRf-. The zero-order valence-electron chi connectivity index (χ0n) is 27.2. The molecule has 0 saturated carbocycles. The van der Waals surface area contributed by atoms with Gasteiger partial charge in [0.25, 0.3) is 0 Å². The van der Waals surface area contributed by atoms with Gasteiger partial charge in [0.2, 0.25) is 0 Å². The first-order valence-corrected chi connectivity index (χ1v) is 13.6. The Bertz CT molecular complexity index is 415. The molecule has 0 amide bonds. The summed E-state index contributed by atoms with van der Waals surface area (Å²) in [6.07, 6.45) is 2.50. The second-order valence-corrected chi connectivity index (χ2v) is 4.29. The van der Waals surface area contributed by atoms with E-state index in [2.05, 4.69) is 32.4 Å². The maximum atomic E-state index is 8.63. The first kappa shape index (κ1) is 64.1. The van der Waals surface area contributed by atoms with Crippen molar-refractivity contribution >= 4 is 0 Å². The Morgan fingerprint density at radius 2 is 0.778 bits per heavy atom. The Hall–Kier alpha value is -2.34. The van der Waals surface area contributed by atoms with E-state index in [9.17, 15) is 0 Å². The van der Waals surface area contributed by atoms with Crippen LogP contribution in [-0.4, -0.2) is 10.2 Å². The molecule has 2 rings (SSSR count). The average molecular weight is 939 g/mol. The molecule has 0 saturated heterocycles. The fourth-order valence-corrected chi connectivity index (χ4v) is 0.988. The molecule has 2 aromatic rings. The first-order chi connectivity index (χ1) is 16.7. The molecule has 0 atom stereocenters. The van der Waals surface area contributed by atoms with Gasteiger partial charge < -0.3 is 14.9 Å². The first-order valence-electron chi connectivity index (χ1n) is 13.6. The minimum Gasteiger partial charge on any atom is -0.635 e. The number of aliphatic hydroxyl groups excluding tert-OH is 1. The molecule has 2 N–H and O–H groups in total. The van der Waals surface area contributed by atoms with Gasteiger partial charge in [-0.15, -0.1) is 0 Å². The third-order valence-electron chi connectivity index (χ3n) is 1.69. The fraction of sp³-hybridized carbons (Fsp3) is 0.581. The predicted octanol–water partition coefficient (Wildman–Crippen LogP) is 11.9. The predicted molar refractivity (Wildman–Crippen MR) is 161 cm³/mol. The van der Waals surface area contributed by atoms with Gasteiger partial charge in [0, 0.05) is 20.4 Å². The van der Waals surface area contributed by atoms with Gasteiger partial charge in [-0.05, 0) is 31.1 Å². The summed E-state index contributed by atoms with van der Waals surface area (Å²) in [6.45, 7) is 33.2. The minimum absolute atomic E-state index is 0. The Labute approximate surface area is 237 Å². The average Bonchev–Trinajstić information content (AvgIpc) is 2.94. The van der Waals surface area contributed by atoms with E-state index in [1.54, 1.807) is 36.4 Å². The number of rotatable bonds is 2. The van der Waals surface area contributed by atoms with Crippen molar-refractivity contribution in [2.24, 2.45) is 0 Å². The molecule has 0 bridgehead atoms. The smallest absolute Gasteiger partial charge is 0.115 e. The molecule has 5 heteroatoms. The Morgan fingerprint density at radius 3 is 0.944 bits per heavy atom. The van der Waals surface area contributed by atoms with Crippen molar-refractivity contribution in [2.45, 2.75) is 124 Å². The number of aromatic hydroxyl groups is 1. The summed E-state index contributed by atoms with van der Waals surface area (Å²) in [4.78, 5) is 0. The number of benzene rings is 2. The molecule has 0 aliphatic heterocycles. The molecular weight excluding hydrogens is 874 g/mol. The van der Waals surface area contributed by atoms with Crippen LogP contribution < -0.4 is 4.74 Å². The van der Waals surface area contributed by atoms with Crippen molar-refractivity contribution in [3.8, 4) is 11.5 Å². The maximum Gasteiger partial charge on any atom is 0.115 e. The summed E-state index contributed by atoms with van der Waals surface area (Å²) in [5, 5.41) is 16.8. The molecule has 0 fully saturated rings. The molecule has 217 valence electrons. The molecule has 1 radical (unpaired) electrons. The molecule has 36 heavy (non-hydrogen) atoms. The van der Waals surface area contributed by atoms with Crippen LogP contribution in [0, 0.1) is 6.79 Å². The van der Waals surface area contributed by atoms with Gasteiger partial charge in [-0.3, -0.25) is 0 Å². The van der Waals surface area contributed by atoms with Crippen LogP contribution in [0.2, 0.25) is 0 Å². The SMILES string of the molecule is CC.CC.CC.CC.CC.CC.CCC.CCC.O[CH-]Oc1ccccc1.Oc1ccccc1.[Re].[Rf]. The number of phenols is 1. The number of phenolic OH excluding ortho intramolecular Hbond substituents is 1. The van der Waals surface area contributed by atoms with Crippen LogP contribution in [0.5, 0.6) is 11.5 Å². The standard InChI is InChI=1S/C7H7O2.C6H6O.2C3H8.6C2H6.Re.Rf/c8-6-9-7-4-2-1-3-5-7;7-6-4-2-1-3-5-6;2*1-3-2;6*1-2;;/h1-6,8H;1-5,7H;2*3H2,1-2H3;6*1-2H3;;/q-1;;;;;;;;;;;. The molecule has 0 aromatic heterocycles.